The number of sulfonamides is 1. The zero-order chi connectivity index (χ0) is 18.4. The summed E-state index contributed by atoms with van der Waals surface area (Å²) >= 11 is 0. The molecule has 0 aliphatic rings. The van der Waals surface area contributed by atoms with Crippen LogP contribution in [-0.4, -0.2) is 38.7 Å². The van der Waals surface area contributed by atoms with E-state index in [1.807, 2.05) is 6.92 Å². The van der Waals surface area contributed by atoms with Crippen LogP contribution in [0.4, 0.5) is 0 Å². The Balaban J connectivity index is 2.14. The largest absolute Gasteiger partial charge is 0.495 e. The summed E-state index contributed by atoms with van der Waals surface area (Å²) < 4.78 is 41.3. The lowest BCUT2D eigenvalue weighted by Gasteiger charge is -2.10. The van der Waals surface area contributed by atoms with E-state index in [4.69, 9.17) is 14.0 Å². The number of esters is 1. The molecule has 9 nitrogen and oxygen atoms in total. The average Bonchev–Trinajstić information content (AvgIpc) is 3.07. The molecule has 0 unspecified atom stereocenters. The minimum Gasteiger partial charge on any atom is -0.495 e. The van der Waals surface area contributed by atoms with Gasteiger partial charge in [0.15, 0.2) is 12.4 Å². The van der Waals surface area contributed by atoms with Gasteiger partial charge in [-0.3, -0.25) is 0 Å². The van der Waals surface area contributed by atoms with Crippen molar-refractivity contribution in [3.63, 3.8) is 0 Å². The Morgan fingerprint density at radius 3 is 2.76 bits per heavy atom. The van der Waals surface area contributed by atoms with Crippen molar-refractivity contribution >= 4 is 16.0 Å². The van der Waals surface area contributed by atoms with Gasteiger partial charge >= 0.3 is 5.97 Å². The minimum atomic E-state index is -3.79. The molecule has 0 amide bonds. The summed E-state index contributed by atoms with van der Waals surface area (Å²) in [4.78, 5) is 16.1. The maximum Gasteiger partial charge on any atom is 0.338 e. The smallest absolute Gasteiger partial charge is 0.338 e. The first-order chi connectivity index (χ1) is 11.9. The van der Waals surface area contributed by atoms with Crippen molar-refractivity contribution in [3.8, 4) is 5.75 Å². The van der Waals surface area contributed by atoms with Gasteiger partial charge in [-0.05, 0) is 31.7 Å². The van der Waals surface area contributed by atoms with Crippen molar-refractivity contribution in [1.82, 2.24) is 14.9 Å². The Morgan fingerprint density at radius 2 is 2.12 bits per heavy atom. The summed E-state index contributed by atoms with van der Waals surface area (Å²) in [6, 6.07) is 3.97. The zero-order valence-corrected chi connectivity index (χ0v) is 14.9. The van der Waals surface area contributed by atoms with E-state index in [-0.39, 0.29) is 28.7 Å². The number of nitrogens with one attached hydrogen (secondary N) is 1. The molecule has 0 aliphatic carbocycles. The highest BCUT2D eigenvalue weighted by molar-refractivity contribution is 7.89. The van der Waals surface area contributed by atoms with E-state index < -0.39 is 16.0 Å². The van der Waals surface area contributed by atoms with Crippen LogP contribution in [0.1, 0.15) is 35.4 Å². The summed E-state index contributed by atoms with van der Waals surface area (Å²) in [6.07, 6.45) is 1.54. The first-order valence-corrected chi connectivity index (χ1v) is 8.99. The summed E-state index contributed by atoms with van der Waals surface area (Å²) in [6.45, 7) is 1.78. The molecule has 0 atom stereocenters. The van der Waals surface area contributed by atoms with E-state index in [1.165, 1.54) is 32.4 Å². The molecule has 1 aromatic heterocycles. The first kappa shape index (κ1) is 18.9. The fourth-order valence-electron chi connectivity index (χ4n) is 2.01. The Kier molecular flexibility index (Phi) is 6.10. The van der Waals surface area contributed by atoms with Crippen molar-refractivity contribution in [3.05, 3.63) is 35.5 Å². The minimum absolute atomic E-state index is 0.0583. The molecule has 136 valence electrons. The third-order valence-corrected chi connectivity index (χ3v) is 4.70. The number of ether oxygens (including phenoxy) is 2. The predicted molar refractivity (Wildman–Crippen MR) is 86.7 cm³/mol. The van der Waals surface area contributed by atoms with E-state index in [1.54, 1.807) is 0 Å². The molecule has 0 spiro atoms. The number of aryl methyl sites for hydroxylation is 1. The lowest BCUT2D eigenvalue weighted by atomic mass is 10.2. The van der Waals surface area contributed by atoms with E-state index in [2.05, 4.69) is 14.9 Å². The maximum atomic E-state index is 12.1. The molecule has 0 saturated heterocycles. The fraction of sp³-hybridized carbons (Fsp3) is 0.400. The Morgan fingerprint density at radius 1 is 1.36 bits per heavy atom. The van der Waals surface area contributed by atoms with Crippen LogP contribution in [0.5, 0.6) is 5.75 Å². The van der Waals surface area contributed by atoms with Crippen molar-refractivity contribution < 1.29 is 27.2 Å². The molecule has 1 heterocycles. The topological polar surface area (TPSA) is 121 Å². The molecule has 2 aromatic rings. The number of methoxy groups -OCH3 is 1. The molecule has 0 radical (unpaired) electrons. The van der Waals surface area contributed by atoms with E-state index in [0.29, 0.717) is 12.2 Å². The van der Waals surface area contributed by atoms with E-state index in [9.17, 15) is 13.2 Å². The van der Waals surface area contributed by atoms with Gasteiger partial charge in [0.2, 0.25) is 10.0 Å². The highest BCUT2D eigenvalue weighted by Crippen LogP contribution is 2.25. The summed E-state index contributed by atoms with van der Waals surface area (Å²) in [5.41, 5.74) is 0.0583. The van der Waals surface area contributed by atoms with Crippen molar-refractivity contribution in [2.75, 3.05) is 14.2 Å². The second kappa shape index (κ2) is 8.08. The predicted octanol–water partition coefficient (Wildman–Crippen LogP) is 1.30. The summed E-state index contributed by atoms with van der Waals surface area (Å²) in [5, 5.41) is 3.76. The molecule has 1 N–H and O–H groups in total. The molecule has 1 aromatic carbocycles. The third kappa shape index (κ3) is 4.54. The molecule has 0 saturated carbocycles. The maximum absolute atomic E-state index is 12.1. The van der Waals surface area contributed by atoms with Crippen LogP contribution in [0.3, 0.4) is 0 Å². The van der Waals surface area contributed by atoms with Gasteiger partial charge in [-0.25, -0.2) is 17.9 Å². The molecule has 0 aliphatic heterocycles. The van der Waals surface area contributed by atoms with Gasteiger partial charge in [0.25, 0.3) is 5.89 Å². The molecule has 0 fully saturated rings. The molecule has 0 bridgehead atoms. The van der Waals surface area contributed by atoms with E-state index >= 15 is 0 Å². The number of nitrogens with zero attached hydrogens (tertiary/aromatic N) is 2. The van der Waals surface area contributed by atoms with Crippen LogP contribution in [-0.2, 0) is 27.8 Å². The Hall–Kier alpha value is -2.46. The van der Waals surface area contributed by atoms with Crippen LogP contribution in [0, 0.1) is 0 Å². The summed E-state index contributed by atoms with van der Waals surface area (Å²) in [5.74, 6) is 0.117. The fourth-order valence-corrected chi connectivity index (χ4v) is 2.93. The molecular formula is C15H19N3O6S. The van der Waals surface area contributed by atoms with Crippen molar-refractivity contribution in [2.45, 2.75) is 31.3 Å². The Bertz CT molecular complexity index is 847. The molecular weight excluding hydrogens is 350 g/mol. The third-order valence-electron chi connectivity index (χ3n) is 3.27. The van der Waals surface area contributed by atoms with E-state index in [0.717, 1.165) is 6.42 Å². The van der Waals surface area contributed by atoms with Gasteiger partial charge in [0, 0.05) is 6.42 Å². The van der Waals surface area contributed by atoms with Gasteiger partial charge < -0.3 is 14.0 Å². The van der Waals surface area contributed by atoms with Gasteiger partial charge in [0.05, 0.1) is 12.7 Å². The first-order valence-electron chi connectivity index (χ1n) is 7.51. The highest BCUT2D eigenvalue weighted by atomic mass is 32.2. The van der Waals surface area contributed by atoms with Gasteiger partial charge in [-0.1, -0.05) is 12.1 Å². The lowest BCUT2D eigenvalue weighted by molar-refractivity contribution is 0.0429. The summed E-state index contributed by atoms with van der Waals surface area (Å²) in [7, 11) is -1.18. The molecule has 25 heavy (non-hydrogen) atoms. The van der Waals surface area contributed by atoms with Crippen molar-refractivity contribution in [2.24, 2.45) is 0 Å². The van der Waals surface area contributed by atoms with Crippen LogP contribution >= 0.6 is 0 Å². The number of carbonyl (C=O) groups excluding carboxylic acids is 1. The number of hydrogen-bond acceptors (Lipinski definition) is 8. The van der Waals surface area contributed by atoms with Gasteiger partial charge in [-0.15, -0.1) is 0 Å². The van der Waals surface area contributed by atoms with Crippen molar-refractivity contribution in [1.29, 1.82) is 0 Å². The van der Waals surface area contributed by atoms with Gasteiger partial charge in [-0.2, -0.15) is 4.98 Å². The van der Waals surface area contributed by atoms with Gasteiger partial charge in [0.1, 0.15) is 10.6 Å². The quantitative estimate of drug-likeness (QED) is 0.691. The second-order valence-electron chi connectivity index (χ2n) is 5.00. The standard InChI is InChI=1S/C15H19N3O6S/c1-4-5-13-17-14(24-18-13)9-23-15(19)10-6-7-11(22-3)12(8-10)25(20,21)16-2/h6-8,16H,4-5,9H2,1-3H3. The van der Waals surface area contributed by atoms with Crippen LogP contribution in [0.15, 0.2) is 27.6 Å². The Labute approximate surface area is 145 Å². The number of rotatable bonds is 8. The monoisotopic (exact) mass is 369 g/mol. The second-order valence-corrected chi connectivity index (χ2v) is 6.86. The number of hydrogen-bond donors (Lipinski definition) is 1. The SMILES string of the molecule is CCCc1noc(COC(=O)c2ccc(OC)c(S(=O)(=O)NC)c2)n1. The highest BCUT2D eigenvalue weighted by Gasteiger charge is 2.21. The van der Waals surface area contributed by atoms with Crippen LogP contribution in [0.25, 0.3) is 0 Å². The van der Waals surface area contributed by atoms with Crippen LogP contribution < -0.4 is 9.46 Å². The molecule has 10 heteroatoms. The zero-order valence-electron chi connectivity index (χ0n) is 14.1. The van der Waals surface area contributed by atoms with Crippen LogP contribution in [0.2, 0.25) is 0 Å². The number of carbonyl (C=O) groups is 1. The normalized spacial score (nSPS) is 11.3. The number of benzene rings is 1. The average molecular weight is 369 g/mol. The lowest BCUT2D eigenvalue weighted by Crippen LogP contribution is -2.20. The molecule has 2 rings (SSSR count). The number of aromatic nitrogens is 2.